The number of benzene rings is 1. The molecule has 0 saturated carbocycles. The van der Waals surface area contributed by atoms with Crippen molar-refractivity contribution in [1.82, 2.24) is 0 Å². The van der Waals surface area contributed by atoms with E-state index in [1.807, 2.05) is 23.9 Å². The van der Waals surface area contributed by atoms with Crippen LogP contribution in [0.3, 0.4) is 0 Å². The second-order valence-corrected chi connectivity index (χ2v) is 6.72. The summed E-state index contributed by atoms with van der Waals surface area (Å²) < 4.78 is 0. The molecule has 1 aliphatic heterocycles. The summed E-state index contributed by atoms with van der Waals surface area (Å²) in [5.41, 5.74) is 0.466. The molecule has 1 fully saturated rings. The van der Waals surface area contributed by atoms with Gasteiger partial charge in [0.1, 0.15) is 0 Å². The summed E-state index contributed by atoms with van der Waals surface area (Å²) in [5.74, 6) is 0.800. The number of hydrogen-bond acceptors (Lipinski definition) is 2. The average Bonchev–Trinajstić information content (AvgIpc) is 2.52. The molecule has 0 aliphatic carbocycles. The maximum atomic E-state index is 10.4. The van der Waals surface area contributed by atoms with Gasteiger partial charge in [0.2, 0.25) is 0 Å². The van der Waals surface area contributed by atoms with E-state index in [4.69, 9.17) is 23.2 Å². The maximum absolute atomic E-state index is 10.4. The van der Waals surface area contributed by atoms with Gasteiger partial charge in [0, 0.05) is 17.4 Å². The van der Waals surface area contributed by atoms with E-state index < -0.39 is 5.60 Å². The summed E-state index contributed by atoms with van der Waals surface area (Å²) in [4.78, 5) is 0. The molecule has 1 saturated heterocycles. The first-order valence-electron chi connectivity index (χ1n) is 5.26. The van der Waals surface area contributed by atoms with E-state index in [2.05, 4.69) is 6.92 Å². The molecule has 4 heteroatoms. The molecule has 2 atom stereocenters. The Balaban J connectivity index is 2.12. The fraction of sp³-hybridized carbons (Fsp3) is 0.500. The van der Waals surface area contributed by atoms with Gasteiger partial charge in [-0.3, -0.25) is 0 Å². The molecule has 1 heterocycles. The Morgan fingerprint density at radius 1 is 1.44 bits per heavy atom. The highest BCUT2D eigenvalue weighted by atomic mass is 35.5. The van der Waals surface area contributed by atoms with Gasteiger partial charge >= 0.3 is 0 Å². The lowest BCUT2D eigenvalue weighted by molar-refractivity contribution is 0.0642. The van der Waals surface area contributed by atoms with E-state index in [0.29, 0.717) is 21.7 Å². The fourth-order valence-electron chi connectivity index (χ4n) is 2.10. The lowest BCUT2D eigenvalue weighted by Gasteiger charge is -2.21. The van der Waals surface area contributed by atoms with Crippen LogP contribution in [-0.2, 0) is 6.42 Å². The second kappa shape index (κ2) is 4.77. The van der Waals surface area contributed by atoms with Gasteiger partial charge in [-0.15, -0.1) is 0 Å². The first kappa shape index (κ1) is 12.6. The van der Waals surface area contributed by atoms with E-state index in [9.17, 15) is 5.11 Å². The quantitative estimate of drug-likeness (QED) is 0.887. The molecule has 1 N–H and O–H groups in total. The molecule has 1 aromatic rings. The molecule has 0 bridgehead atoms. The van der Waals surface area contributed by atoms with Crippen LogP contribution < -0.4 is 0 Å². The molecule has 1 aliphatic rings. The summed E-state index contributed by atoms with van der Waals surface area (Å²) in [6, 6.07) is 5.56. The van der Waals surface area contributed by atoms with E-state index in [1.54, 1.807) is 6.07 Å². The zero-order chi connectivity index (χ0) is 11.8. The Morgan fingerprint density at radius 2 is 2.19 bits per heavy atom. The van der Waals surface area contributed by atoms with E-state index >= 15 is 0 Å². The molecule has 1 nitrogen and oxygen atoms in total. The lowest BCUT2D eigenvalue weighted by Crippen LogP contribution is -2.31. The summed E-state index contributed by atoms with van der Waals surface area (Å²) in [5, 5.41) is 12.0. The van der Waals surface area contributed by atoms with Gasteiger partial charge in [-0.1, -0.05) is 36.2 Å². The minimum absolute atomic E-state index is 0.535. The smallest absolute Gasteiger partial charge is 0.0788 e. The number of rotatable bonds is 2. The third-order valence-electron chi connectivity index (χ3n) is 2.82. The van der Waals surface area contributed by atoms with Crippen LogP contribution in [0.25, 0.3) is 0 Å². The highest BCUT2D eigenvalue weighted by molar-refractivity contribution is 8.00. The van der Waals surface area contributed by atoms with Gasteiger partial charge in [-0.05, 0) is 24.1 Å². The summed E-state index contributed by atoms with van der Waals surface area (Å²) in [6.07, 6.45) is 1.50. The van der Waals surface area contributed by atoms with Gasteiger partial charge in [0.25, 0.3) is 0 Å². The standard InChI is InChI=1S/C12H14Cl2OS/c1-8-5-12(15,7-16-8)6-9-2-3-10(13)11(14)4-9/h2-4,8,15H,5-7H2,1H3. The highest BCUT2D eigenvalue weighted by Gasteiger charge is 2.35. The van der Waals surface area contributed by atoms with Crippen molar-refractivity contribution >= 4 is 35.0 Å². The summed E-state index contributed by atoms with van der Waals surface area (Å²) in [6.45, 7) is 2.15. The minimum atomic E-state index is -0.582. The summed E-state index contributed by atoms with van der Waals surface area (Å²) in [7, 11) is 0. The van der Waals surface area contributed by atoms with Crippen LogP contribution in [0.1, 0.15) is 18.9 Å². The number of hydrogen-bond donors (Lipinski definition) is 1. The molecular formula is C12H14Cl2OS. The third-order valence-corrected chi connectivity index (χ3v) is 5.00. The van der Waals surface area contributed by atoms with Gasteiger partial charge in [-0.2, -0.15) is 11.8 Å². The van der Waals surface area contributed by atoms with Gasteiger partial charge < -0.3 is 5.11 Å². The maximum Gasteiger partial charge on any atom is 0.0788 e. The van der Waals surface area contributed by atoms with Crippen LogP contribution in [0.4, 0.5) is 0 Å². The van der Waals surface area contributed by atoms with Crippen molar-refractivity contribution in [2.24, 2.45) is 0 Å². The zero-order valence-electron chi connectivity index (χ0n) is 9.04. The molecule has 1 aromatic carbocycles. The van der Waals surface area contributed by atoms with Crippen molar-refractivity contribution in [1.29, 1.82) is 0 Å². The van der Waals surface area contributed by atoms with E-state index in [1.165, 1.54) is 0 Å². The summed E-state index contributed by atoms with van der Waals surface area (Å²) >= 11 is 13.6. The van der Waals surface area contributed by atoms with Crippen LogP contribution in [0.2, 0.25) is 10.0 Å². The molecule has 2 rings (SSSR count). The first-order valence-corrected chi connectivity index (χ1v) is 7.07. The second-order valence-electron chi connectivity index (χ2n) is 4.48. The Bertz CT molecular complexity index is 397. The Labute approximate surface area is 110 Å². The van der Waals surface area contributed by atoms with Crippen LogP contribution in [0.15, 0.2) is 18.2 Å². The van der Waals surface area contributed by atoms with Crippen molar-refractivity contribution in [3.63, 3.8) is 0 Å². The molecule has 0 amide bonds. The topological polar surface area (TPSA) is 20.2 Å². The van der Waals surface area contributed by atoms with Crippen LogP contribution in [-0.4, -0.2) is 21.7 Å². The van der Waals surface area contributed by atoms with Crippen molar-refractivity contribution in [2.45, 2.75) is 30.6 Å². The third kappa shape index (κ3) is 2.86. The normalized spacial score (nSPS) is 29.6. The molecule has 16 heavy (non-hydrogen) atoms. The highest BCUT2D eigenvalue weighted by Crippen LogP contribution is 2.37. The largest absolute Gasteiger partial charge is 0.389 e. The first-order chi connectivity index (χ1) is 7.48. The predicted molar refractivity (Wildman–Crippen MR) is 71.7 cm³/mol. The van der Waals surface area contributed by atoms with Crippen molar-refractivity contribution in [3.8, 4) is 0 Å². The minimum Gasteiger partial charge on any atom is -0.389 e. The van der Waals surface area contributed by atoms with Gasteiger partial charge in [0.05, 0.1) is 15.6 Å². The Morgan fingerprint density at radius 3 is 2.75 bits per heavy atom. The molecule has 0 spiro atoms. The van der Waals surface area contributed by atoms with Crippen LogP contribution in [0.5, 0.6) is 0 Å². The molecule has 0 aromatic heterocycles. The lowest BCUT2D eigenvalue weighted by atomic mass is 9.92. The fourth-order valence-corrected chi connectivity index (χ4v) is 3.67. The van der Waals surface area contributed by atoms with E-state index in [0.717, 1.165) is 17.7 Å². The van der Waals surface area contributed by atoms with Gasteiger partial charge in [0.15, 0.2) is 0 Å². The van der Waals surface area contributed by atoms with Crippen LogP contribution >= 0.6 is 35.0 Å². The Hall–Kier alpha value is 0.110. The molecule has 88 valence electrons. The van der Waals surface area contributed by atoms with E-state index in [-0.39, 0.29) is 0 Å². The number of aliphatic hydroxyl groups is 1. The number of halogens is 2. The van der Waals surface area contributed by atoms with Gasteiger partial charge in [-0.25, -0.2) is 0 Å². The molecular weight excluding hydrogens is 263 g/mol. The Kier molecular flexibility index (Phi) is 3.75. The predicted octanol–water partition coefficient (Wildman–Crippen LogP) is 3.79. The van der Waals surface area contributed by atoms with Crippen LogP contribution in [0, 0.1) is 0 Å². The van der Waals surface area contributed by atoms with Crippen molar-refractivity contribution in [3.05, 3.63) is 33.8 Å². The molecule has 0 radical (unpaired) electrons. The van der Waals surface area contributed by atoms with Crippen molar-refractivity contribution in [2.75, 3.05) is 5.75 Å². The van der Waals surface area contributed by atoms with Crippen molar-refractivity contribution < 1.29 is 5.11 Å². The monoisotopic (exact) mass is 276 g/mol. The molecule has 2 unspecified atom stereocenters. The average molecular weight is 277 g/mol. The SMILES string of the molecule is CC1CC(O)(Cc2ccc(Cl)c(Cl)c2)CS1. The number of thioether (sulfide) groups is 1. The zero-order valence-corrected chi connectivity index (χ0v) is 11.4.